The van der Waals surface area contributed by atoms with Crippen LogP contribution < -0.4 is 20.9 Å². The van der Waals surface area contributed by atoms with Crippen molar-refractivity contribution < 1.29 is 28.7 Å². The summed E-state index contributed by atoms with van der Waals surface area (Å²) in [5.74, 6) is -2.47. The highest BCUT2D eigenvalue weighted by Crippen LogP contribution is 2.39. The molecule has 0 radical (unpaired) electrons. The summed E-state index contributed by atoms with van der Waals surface area (Å²) in [6, 6.07) is 13.9. The number of nitrogens with one attached hydrogen (secondary N) is 3. The molecule has 0 spiro atoms. The zero-order chi connectivity index (χ0) is 30.1. The number of hydrogen-bond donors (Lipinski definition) is 4. The summed E-state index contributed by atoms with van der Waals surface area (Å²) in [4.78, 5) is 58.5. The van der Waals surface area contributed by atoms with Gasteiger partial charge in [-0.2, -0.15) is 0 Å². The highest BCUT2D eigenvalue weighted by Gasteiger charge is 2.40. The van der Waals surface area contributed by atoms with Crippen LogP contribution in [0.4, 0.5) is 25.7 Å². The largest absolute Gasteiger partial charge is 0.508 e. The molecule has 1 saturated heterocycles. The molecule has 3 aromatic carbocycles. The molecule has 3 heterocycles. The fourth-order valence-electron chi connectivity index (χ4n) is 5.30. The number of benzene rings is 3. The molecule has 4 aromatic rings. The third-order valence-electron chi connectivity index (χ3n) is 7.28. The number of hydrogen-bond acceptors (Lipinski definition) is 8. The highest BCUT2D eigenvalue weighted by atomic mass is 32.1. The maximum absolute atomic E-state index is 14.3. The van der Waals surface area contributed by atoms with Gasteiger partial charge in [-0.25, -0.2) is 14.2 Å². The minimum Gasteiger partial charge on any atom is -0.508 e. The summed E-state index contributed by atoms with van der Waals surface area (Å²) in [6.07, 6.45) is 1.70. The van der Waals surface area contributed by atoms with Crippen molar-refractivity contribution in [3.63, 3.8) is 0 Å². The Kier molecular flexibility index (Phi) is 7.47. The molecule has 218 valence electrons. The summed E-state index contributed by atoms with van der Waals surface area (Å²) < 4.78 is 14.3. The van der Waals surface area contributed by atoms with Crippen molar-refractivity contribution in [3.8, 4) is 5.75 Å². The van der Waals surface area contributed by atoms with Gasteiger partial charge in [-0.1, -0.05) is 30.3 Å². The number of fused-ring (bicyclic) bond motifs is 1. The van der Waals surface area contributed by atoms with Gasteiger partial charge in [0.1, 0.15) is 17.6 Å². The fraction of sp³-hybridized carbons (Fsp3) is 0.167. The van der Waals surface area contributed by atoms with E-state index in [1.165, 1.54) is 27.3 Å². The van der Waals surface area contributed by atoms with Crippen molar-refractivity contribution in [3.05, 3.63) is 100 Å². The van der Waals surface area contributed by atoms with Gasteiger partial charge >= 0.3 is 6.03 Å². The van der Waals surface area contributed by atoms with Gasteiger partial charge in [-0.3, -0.25) is 29.9 Å². The minimum atomic E-state index is -1.35. The number of imide groups is 1. The number of phenols is 1. The van der Waals surface area contributed by atoms with Gasteiger partial charge < -0.3 is 15.3 Å². The number of aromatic nitrogens is 1. The van der Waals surface area contributed by atoms with Crippen molar-refractivity contribution in [2.45, 2.75) is 25.6 Å². The monoisotopic (exact) mass is 600 g/mol. The van der Waals surface area contributed by atoms with E-state index in [9.17, 15) is 28.7 Å². The van der Waals surface area contributed by atoms with E-state index in [-0.39, 0.29) is 43.3 Å². The maximum atomic E-state index is 14.3. The first-order valence-corrected chi connectivity index (χ1v) is 14.2. The number of phenolic OH excluding ortho intramolecular Hbond substituents is 1. The van der Waals surface area contributed by atoms with Gasteiger partial charge in [0.25, 0.3) is 11.8 Å². The second-order valence-electron chi connectivity index (χ2n) is 9.94. The third kappa shape index (κ3) is 5.49. The van der Waals surface area contributed by atoms with Crippen molar-refractivity contribution in [2.24, 2.45) is 0 Å². The first-order chi connectivity index (χ1) is 20.8. The molecule has 6 rings (SSSR count). The van der Waals surface area contributed by atoms with E-state index in [0.717, 1.165) is 23.8 Å². The number of carbonyl (C=O) groups excluding carboxylic acids is 4. The van der Waals surface area contributed by atoms with E-state index in [2.05, 4.69) is 20.9 Å². The quantitative estimate of drug-likeness (QED) is 0.235. The Morgan fingerprint density at radius 3 is 2.74 bits per heavy atom. The van der Waals surface area contributed by atoms with Crippen molar-refractivity contribution in [1.29, 1.82) is 0 Å². The Morgan fingerprint density at radius 2 is 1.95 bits per heavy atom. The van der Waals surface area contributed by atoms with E-state index < -0.39 is 29.7 Å². The molecule has 1 atom stereocenters. The normalized spacial score (nSPS) is 15.2. The molecule has 0 bridgehead atoms. The lowest BCUT2D eigenvalue weighted by atomic mass is 10.0. The minimum absolute atomic E-state index is 0.0359. The molecule has 1 unspecified atom stereocenters. The van der Waals surface area contributed by atoms with Crippen molar-refractivity contribution >= 4 is 51.6 Å². The molecule has 5 amide bonds. The lowest BCUT2D eigenvalue weighted by Crippen LogP contribution is -2.49. The first kappa shape index (κ1) is 27.8. The first-order valence-electron chi connectivity index (χ1n) is 13.3. The Hall–Kier alpha value is -5.30. The SMILES string of the molecule is O=C1CCN(c2ccccc2CNc2cccc3c2C(=O)N(C(C(=O)Nc2nccs2)c2cc(F)ccc2O)C3)C(=O)N1. The van der Waals surface area contributed by atoms with Gasteiger partial charge in [-0.15, -0.1) is 11.3 Å². The fourth-order valence-corrected chi connectivity index (χ4v) is 5.83. The summed E-state index contributed by atoms with van der Waals surface area (Å²) in [5, 5.41) is 20.9. The Morgan fingerprint density at radius 1 is 1.12 bits per heavy atom. The van der Waals surface area contributed by atoms with Crippen LogP contribution in [0.15, 0.2) is 72.2 Å². The number of urea groups is 1. The summed E-state index contributed by atoms with van der Waals surface area (Å²) in [5.41, 5.74) is 2.81. The predicted octanol–water partition coefficient (Wildman–Crippen LogP) is 4.38. The number of aromatic hydroxyl groups is 1. The van der Waals surface area contributed by atoms with Gasteiger partial charge in [0.2, 0.25) is 5.91 Å². The van der Waals surface area contributed by atoms with E-state index in [4.69, 9.17) is 0 Å². The van der Waals surface area contributed by atoms with Crippen LogP contribution >= 0.6 is 11.3 Å². The molecule has 0 saturated carbocycles. The number of thiazole rings is 1. The number of halogens is 1. The van der Waals surface area contributed by atoms with E-state index in [0.29, 0.717) is 27.6 Å². The van der Waals surface area contributed by atoms with Crippen LogP contribution in [0.25, 0.3) is 0 Å². The smallest absolute Gasteiger partial charge is 0.328 e. The molecule has 13 heteroatoms. The van der Waals surface area contributed by atoms with E-state index in [1.807, 2.05) is 12.1 Å². The topological polar surface area (TPSA) is 144 Å². The van der Waals surface area contributed by atoms with Crippen LogP contribution in [0, 0.1) is 5.82 Å². The zero-order valence-electron chi connectivity index (χ0n) is 22.5. The average molecular weight is 601 g/mol. The summed E-state index contributed by atoms with van der Waals surface area (Å²) in [6.45, 7) is 0.525. The molecule has 2 aliphatic heterocycles. The number of rotatable bonds is 8. The predicted molar refractivity (Wildman–Crippen MR) is 157 cm³/mol. The standard InChI is InChI=1S/C30H25FN6O5S/c31-19-8-9-23(38)20(14-19)26(27(40)35-29-32-11-13-43-29)37-16-18-5-3-6-21(25(18)28(37)41)33-15-17-4-1-2-7-22(17)36-12-10-24(39)34-30(36)42/h1-9,11,13-14,26,33,38H,10,12,15-16H2,(H,32,35,40)(H,34,39,42). The van der Waals surface area contributed by atoms with Gasteiger partial charge in [0.15, 0.2) is 5.13 Å². The van der Waals surface area contributed by atoms with Gasteiger partial charge in [-0.05, 0) is 41.5 Å². The Balaban J connectivity index is 1.29. The molecule has 1 fully saturated rings. The van der Waals surface area contributed by atoms with Crippen LogP contribution in [0.5, 0.6) is 5.75 Å². The molecule has 1 aromatic heterocycles. The van der Waals surface area contributed by atoms with Crippen LogP contribution in [0.3, 0.4) is 0 Å². The second-order valence-corrected chi connectivity index (χ2v) is 10.8. The second kappa shape index (κ2) is 11.5. The summed E-state index contributed by atoms with van der Waals surface area (Å²) >= 11 is 1.18. The van der Waals surface area contributed by atoms with Gasteiger partial charge in [0.05, 0.1) is 11.3 Å². The summed E-state index contributed by atoms with van der Waals surface area (Å²) in [7, 11) is 0. The third-order valence-corrected chi connectivity index (χ3v) is 7.97. The van der Waals surface area contributed by atoms with Crippen molar-refractivity contribution in [1.82, 2.24) is 15.2 Å². The number of amides is 5. The molecular weight excluding hydrogens is 575 g/mol. The van der Waals surface area contributed by atoms with Crippen LogP contribution in [-0.2, 0) is 22.7 Å². The zero-order valence-corrected chi connectivity index (χ0v) is 23.4. The maximum Gasteiger partial charge on any atom is 0.328 e. The van der Waals surface area contributed by atoms with Crippen molar-refractivity contribution in [2.75, 3.05) is 22.1 Å². The lowest BCUT2D eigenvalue weighted by Gasteiger charge is -2.28. The lowest BCUT2D eigenvalue weighted by molar-refractivity contribution is -0.121. The molecule has 0 aliphatic carbocycles. The number of carbonyl (C=O) groups is 4. The van der Waals surface area contributed by atoms with E-state index >= 15 is 0 Å². The number of para-hydroxylation sites is 1. The molecular formula is C30H25FN6O5S. The van der Waals surface area contributed by atoms with Crippen LogP contribution in [-0.4, -0.2) is 45.3 Å². The van der Waals surface area contributed by atoms with Crippen LogP contribution in [0.1, 0.15) is 39.5 Å². The molecule has 43 heavy (non-hydrogen) atoms. The number of anilines is 3. The van der Waals surface area contributed by atoms with Gasteiger partial charge in [0, 0.05) is 48.9 Å². The molecule has 11 nitrogen and oxygen atoms in total. The average Bonchev–Trinajstić information content (AvgIpc) is 3.62. The number of nitrogens with zero attached hydrogens (tertiary/aromatic N) is 3. The molecule has 4 N–H and O–H groups in total. The van der Waals surface area contributed by atoms with E-state index in [1.54, 1.807) is 35.7 Å². The molecule has 2 aliphatic rings. The van der Waals surface area contributed by atoms with Crippen LogP contribution in [0.2, 0.25) is 0 Å². The Bertz CT molecular complexity index is 1750. The Labute approximate surface area is 249 Å². The highest BCUT2D eigenvalue weighted by molar-refractivity contribution is 7.13.